The Bertz CT molecular complexity index is 903. The summed E-state index contributed by atoms with van der Waals surface area (Å²) in [5, 5.41) is 18.3. The highest BCUT2D eigenvalue weighted by Crippen LogP contribution is 2.40. The Kier molecular flexibility index (Phi) is 4.12. The van der Waals surface area contributed by atoms with Crippen molar-refractivity contribution >= 4 is 38.6 Å². The molecule has 0 bridgehead atoms. The number of benzene rings is 2. The van der Waals surface area contributed by atoms with Crippen LogP contribution in [0.15, 0.2) is 63.2 Å². The van der Waals surface area contributed by atoms with Gasteiger partial charge in [0.25, 0.3) is 0 Å². The number of rotatable bonds is 3. The molecule has 3 rings (SSSR count). The predicted molar refractivity (Wildman–Crippen MR) is 90.9 cm³/mol. The molecule has 0 aliphatic heterocycles. The largest absolute Gasteiger partial charge is 0.493 e. The van der Waals surface area contributed by atoms with Gasteiger partial charge in [-0.1, -0.05) is 51.4 Å². The van der Waals surface area contributed by atoms with Gasteiger partial charge < -0.3 is 15.4 Å². The molecule has 0 unspecified atom stereocenters. The lowest BCUT2D eigenvalue weighted by atomic mass is 10.2. The van der Waals surface area contributed by atoms with E-state index in [-0.39, 0.29) is 11.6 Å². The Morgan fingerprint density at radius 2 is 1.96 bits per heavy atom. The highest BCUT2D eigenvalue weighted by Gasteiger charge is 2.17. The van der Waals surface area contributed by atoms with E-state index in [0.29, 0.717) is 11.9 Å². The number of urea groups is 1. The summed E-state index contributed by atoms with van der Waals surface area (Å²) in [5.74, 6) is -0.0630. The van der Waals surface area contributed by atoms with Crippen LogP contribution in [0.25, 0.3) is 10.9 Å². The fourth-order valence-corrected chi connectivity index (χ4v) is 2.78. The highest BCUT2D eigenvalue weighted by molar-refractivity contribution is 9.10. The van der Waals surface area contributed by atoms with Crippen molar-refractivity contribution in [3.63, 3.8) is 0 Å². The summed E-state index contributed by atoms with van der Waals surface area (Å²) in [7, 11) is 0. The number of halogens is 1. The van der Waals surface area contributed by atoms with Gasteiger partial charge in [-0.25, -0.2) is 4.79 Å². The molecule has 7 heteroatoms. The van der Waals surface area contributed by atoms with Crippen LogP contribution in [0.1, 0.15) is 5.56 Å². The van der Waals surface area contributed by atoms with Crippen LogP contribution in [0.4, 0.5) is 10.5 Å². The summed E-state index contributed by atoms with van der Waals surface area (Å²) in [6.45, 7) is 0.469. The van der Waals surface area contributed by atoms with Crippen LogP contribution in [0.2, 0.25) is 0 Å². The molecule has 0 spiro atoms. The standard InChI is InChI=1S/C16H13BrN4O2/c17-11-6-7-13-12(8-11)14(19-20-16(18)23)15(22)21(13)9-10-4-2-1-3-5-10/h1-8,22H,9H2,(H2,18,23). The Morgan fingerprint density at radius 3 is 2.65 bits per heavy atom. The number of fused-ring (bicyclic) bond motifs is 1. The molecule has 116 valence electrons. The average molecular weight is 373 g/mol. The van der Waals surface area contributed by atoms with Crippen molar-refractivity contribution in [2.45, 2.75) is 6.54 Å². The molecule has 1 aromatic heterocycles. The lowest BCUT2D eigenvalue weighted by Crippen LogP contribution is -2.01. The van der Waals surface area contributed by atoms with E-state index < -0.39 is 6.03 Å². The van der Waals surface area contributed by atoms with Crippen molar-refractivity contribution < 1.29 is 9.90 Å². The van der Waals surface area contributed by atoms with Crippen LogP contribution in [0, 0.1) is 0 Å². The molecular formula is C16H13BrN4O2. The van der Waals surface area contributed by atoms with E-state index in [4.69, 9.17) is 5.73 Å². The number of nitrogens with zero attached hydrogens (tertiary/aromatic N) is 3. The smallest absolute Gasteiger partial charge is 0.356 e. The van der Waals surface area contributed by atoms with Gasteiger partial charge >= 0.3 is 6.03 Å². The second-order valence-electron chi connectivity index (χ2n) is 4.94. The molecule has 0 saturated carbocycles. The van der Waals surface area contributed by atoms with Crippen LogP contribution in [-0.2, 0) is 6.54 Å². The van der Waals surface area contributed by atoms with E-state index in [9.17, 15) is 9.90 Å². The molecular weight excluding hydrogens is 360 g/mol. The molecule has 3 N–H and O–H groups in total. The molecule has 0 atom stereocenters. The van der Waals surface area contributed by atoms with E-state index in [1.54, 1.807) is 4.57 Å². The lowest BCUT2D eigenvalue weighted by molar-refractivity contribution is 0.255. The minimum absolute atomic E-state index is 0.0630. The Morgan fingerprint density at radius 1 is 1.22 bits per heavy atom. The molecule has 3 aromatic rings. The summed E-state index contributed by atoms with van der Waals surface area (Å²) >= 11 is 3.39. The maximum atomic E-state index is 10.8. The first-order chi connectivity index (χ1) is 11.1. The Labute approximate surface area is 140 Å². The van der Waals surface area contributed by atoms with Gasteiger partial charge in [-0.15, -0.1) is 5.11 Å². The van der Waals surface area contributed by atoms with Crippen LogP contribution >= 0.6 is 15.9 Å². The SMILES string of the molecule is NC(=O)N=Nc1c(O)n(Cc2ccccc2)c2ccc(Br)cc12. The van der Waals surface area contributed by atoms with E-state index >= 15 is 0 Å². The van der Waals surface area contributed by atoms with Crippen molar-refractivity contribution in [1.29, 1.82) is 0 Å². The fourth-order valence-electron chi connectivity index (χ4n) is 2.42. The topological polar surface area (TPSA) is 93.0 Å². The molecule has 0 saturated heterocycles. The van der Waals surface area contributed by atoms with Gasteiger partial charge in [-0.05, 0) is 23.8 Å². The van der Waals surface area contributed by atoms with Crippen molar-refractivity contribution in [1.82, 2.24) is 4.57 Å². The van der Waals surface area contributed by atoms with Crippen LogP contribution < -0.4 is 5.73 Å². The normalized spacial score (nSPS) is 11.3. The number of azo groups is 1. The van der Waals surface area contributed by atoms with Gasteiger partial charge in [0.05, 0.1) is 12.1 Å². The molecule has 2 amide bonds. The van der Waals surface area contributed by atoms with Gasteiger partial charge in [-0.2, -0.15) is 0 Å². The third-order valence-corrected chi connectivity index (χ3v) is 3.90. The minimum Gasteiger partial charge on any atom is -0.493 e. The van der Waals surface area contributed by atoms with Gasteiger partial charge in [0, 0.05) is 9.86 Å². The van der Waals surface area contributed by atoms with E-state index in [1.807, 2.05) is 48.5 Å². The highest BCUT2D eigenvalue weighted by atomic mass is 79.9. The number of carbonyl (C=O) groups excluding carboxylic acids is 1. The molecule has 0 radical (unpaired) electrons. The molecule has 6 nitrogen and oxygen atoms in total. The number of amides is 2. The average Bonchev–Trinajstić information content (AvgIpc) is 2.78. The Hall–Kier alpha value is -2.67. The number of nitrogens with two attached hydrogens (primary N) is 1. The maximum absolute atomic E-state index is 10.8. The first kappa shape index (κ1) is 15.2. The van der Waals surface area contributed by atoms with E-state index in [0.717, 1.165) is 15.6 Å². The van der Waals surface area contributed by atoms with Crippen molar-refractivity contribution in [3.8, 4) is 5.88 Å². The second kappa shape index (κ2) is 6.21. The Balaban J connectivity index is 2.17. The van der Waals surface area contributed by atoms with Gasteiger partial charge in [0.15, 0.2) is 5.69 Å². The summed E-state index contributed by atoms with van der Waals surface area (Å²) in [6, 6.07) is 14.4. The zero-order valence-corrected chi connectivity index (χ0v) is 13.6. The summed E-state index contributed by atoms with van der Waals surface area (Å²) < 4.78 is 2.55. The summed E-state index contributed by atoms with van der Waals surface area (Å²) in [4.78, 5) is 10.8. The quantitative estimate of drug-likeness (QED) is 0.669. The second-order valence-corrected chi connectivity index (χ2v) is 5.86. The maximum Gasteiger partial charge on any atom is 0.356 e. The predicted octanol–water partition coefficient (Wildman–Crippen LogP) is 4.32. The number of aromatic nitrogens is 1. The molecule has 0 aliphatic carbocycles. The van der Waals surface area contributed by atoms with Gasteiger partial charge in [0.1, 0.15) is 0 Å². The summed E-state index contributed by atoms with van der Waals surface area (Å²) in [5.41, 5.74) is 7.03. The lowest BCUT2D eigenvalue weighted by Gasteiger charge is -2.07. The third-order valence-electron chi connectivity index (χ3n) is 3.40. The number of hydrogen-bond donors (Lipinski definition) is 2. The fraction of sp³-hybridized carbons (Fsp3) is 0.0625. The van der Waals surface area contributed by atoms with Crippen molar-refractivity contribution in [2.75, 3.05) is 0 Å². The zero-order chi connectivity index (χ0) is 16.4. The van der Waals surface area contributed by atoms with Crippen LogP contribution in [-0.4, -0.2) is 15.7 Å². The van der Waals surface area contributed by atoms with Gasteiger partial charge in [-0.3, -0.25) is 0 Å². The zero-order valence-electron chi connectivity index (χ0n) is 12.0. The number of aromatic hydroxyl groups is 1. The van der Waals surface area contributed by atoms with E-state index in [1.165, 1.54) is 0 Å². The van der Waals surface area contributed by atoms with E-state index in [2.05, 4.69) is 26.2 Å². The summed E-state index contributed by atoms with van der Waals surface area (Å²) in [6.07, 6.45) is 0. The first-order valence-corrected chi connectivity index (χ1v) is 7.61. The molecule has 2 aromatic carbocycles. The van der Waals surface area contributed by atoms with Gasteiger partial charge in [0.2, 0.25) is 5.88 Å². The molecule has 0 aliphatic rings. The first-order valence-electron chi connectivity index (χ1n) is 6.82. The molecule has 0 fully saturated rings. The number of primary amides is 1. The number of carbonyl (C=O) groups is 1. The van der Waals surface area contributed by atoms with Crippen molar-refractivity contribution in [3.05, 3.63) is 58.6 Å². The van der Waals surface area contributed by atoms with Crippen molar-refractivity contribution in [2.24, 2.45) is 16.0 Å². The minimum atomic E-state index is -0.914. The van der Waals surface area contributed by atoms with Crippen LogP contribution in [0.5, 0.6) is 5.88 Å². The third kappa shape index (κ3) is 3.09. The van der Waals surface area contributed by atoms with Crippen LogP contribution in [0.3, 0.4) is 0 Å². The monoisotopic (exact) mass is 372 g/mol. The molecule has 23 heavy (non-hydrogen) atoms. The number of hydrogen-bond acceptors (Lipinski definition) is 3. The molecule has 1 heterocycles.